The van der Waals surface area contributed by atoms with Crippen LogP contribution in [0.5, 0.6) is 0 Å². The number of likely N-dealkylation sites (tertiary alicyclic amines) is 1. The van der Waals surface area contributed by atoms with E-state index in [1.165, 1.54) is 4.90 Å². The van der Waals surface area contributed by atoms with Gasteiger partial charge in [0.25, 0.3) is 0 Å². The zero-order valence-electron chi connectivity index (χ0n) is 11.1. The molecule has 6 heteroatoms. The highest BCUT2D eigenvalue weighted by molar-refractivity contribution is 5.91. The van der Waals surface area contributed by atoms with E-state index in [2.05, 4.69) is 6.19 Å². The van der Waals surface area contributed by atoms with Crippen LogP contribution in [0.2, 0.25) is 0 Å². The molecule has 2 N–H and O–H groups in total. The number of alkyl halides is 1. The molecular formula is C14H17FN4O. The zero-order valence-corrected chi connectivity index (χ0v) is 11.1. The maximum absolute atomic E-state index is 13.0. The van der Waals surface area contributed by atoms with Crippen LogP contribution >= 0.6 is 0 Å². The van der Waals surface area contributed by atoms with Crippen molar-refractivity contribution in [3.63, 3.8) is 0 Å². The van der Waals surface area contributed by atoms with Gasteiger partial charge in [-0.15, -0.1) is 0 Å². The van der Waals surface area contributed by atoms with Gasteiger partial charge < -0.3 is 10.6 Å². The fourth-order valence-electron chi connectivity index (χ4n) is 2.56. The van der Waals surface area contributed by atoms with Crippen molar-refractivity contribution in [2.45, 2.75) is 25.6 Å². The molecule has 1 heterocycles. The number of amides is 2. The molecule has 1 unspecified atom stereocenters. The number of primary amides is 1. The van der Waals surface area contributed by atoms with Crippen LogP contribution in [0.25, 0.3) is 0 Å². The summed E-state index contributed by atoms with van der Waals surface area (Å²) in [5.74, 6) is 0. The zero-order chi connectivity index (χ0) is 14.5. The topological polar surface area (TPSA) is 73.4 Å². The molecule has 0 aliphatic carbocycles. The molecule has 0 aromatic heterocycles. The molecule has 1 atom stereocenters. The number of carbonyl (C=O) groups excluding carboxylic acids is 1. The van der Waals surface area contributed by atoms with E-state index in [1.807, 2.05) is 0 Å². The van der Waals surface area contributed by atoms with Gasteiger partial charge in [-0.3, -0.25) is 4.90 Å². The Kier molecular flexibility index (Phi) is 4.41. The van der Waals surface area contributed by atoms with E-state index in [1.54, 1.807) is 29.2 Å². The van der Waals surface area contributed by atoms with E-state index < -0.39 is 12.7 Å². The van der Waals surface area contributed by atoms with Crippen molar-refractivity contribution in [2.75, 3.05) is 18.0 Å². The van der Waals surface area contributed by atoms with Crippen molar-refractivity contribution in [3.05, 3.63) is 29.8 Å². The fraction of sp³-hybridized carbons (Fsp3) is 0.429. The average Bonchev–Trinajstić information content (AvgIpc) is 2.91. The Morgan fingerprint density at radius 1 is 1.55 bits per heavy atom. The lowest BCUT2D eigenvalue weighted by atomic mass is 10.1. The first kappa shape index (κ1) is 14.1. The standard InChI is InChI=1S/C14H17FN4O/c15-8-11-4-1-2-6-13(11)19(14(17)20)9-12-5-3-7-18(12)10-16/h1-2,4,6,12H,3,5,7-9H2,(H2,17,20). The fourth-order valence-corrected chi connectivity index (χ4v) is 2.56. The van der Waals surface area contributed by atoms with E-state index in [0.29, 0.717) is 24.3 Å². The number of halogens is 1. The van der Waals surface area contributed by atoms with Crippen molar-refractivity contribution in [2.24, 2.45) is 5.73 Å². The molecule has 0 bridgehead atoms. The van der Waals surface area contributed by atoms with Gasteiger partial charge in [-0.2, -0.15) is 5.26 Å². The Hall–Kier alpha value is -2.29. The molecule has 2 amide bonds. The van der Waals surface area contributed by atoms with E-state index >= 15 is 0 Å². The first-order valence-electron chi connectivity index (χ1n) is 6.54. The summed E-state index contributed by atoms with van der Waals surface area (Å²) < 4.78 is 13.0. The molecule has 0 saturated carbocycles. The lowest BCUT2D eigenvalue weighted by molar-refractivity contribution is 0.251. The summed E-state index contributed by atoms with van der Waals surface area (Å²) in [5, 5.41) is 9.04. The van der Waals surface area contributed by atoms with Crippen LogP contribution in [-0.4, -0.2) is 30.1 Å². The molecular weight excluding hydrogens is 259 g/mol. The summed E-state index contributed by atoms with van der Waals surface area (Å²) in [6.07, 6.45) is 3.86. The summed E-state index contributed by atoms with van der Waals surface area (Å²) in [5.41, 5.74) is 6.32. The molecule has 1 aromatic rings. The monoisotopic (exact) mass is 276 g/mol. The van der Waals surface area contributed by atoms with Crippen LogP contribution < -0.4 is 10.6 Å². The van der Waals surface area contributed by atoms with Crippen LogP contribution in [0.15, 0.2) is 24.3 Å². The number of benzene rings is 1. The maximum atomic E-state index is 13.0. The van der Waals surface area contributed by atoms with Crippen molar-refractivity contribution >= 4 is 11.7 Å². The second kappa shape index (κ2) is 6.24. The number of para-hydroxylation sites is 1. The van der Waals surface area contributed by atoms with Gasteiger partial charge in [0.15, 0.2) is 6.19 Å². The van der Waals surface area contributed by atoms with E-state index in [0.717, 1.165) is 12.8 Å². The van der Waals surface area contributed by atoms with Crippen molar-refractivity contribution in [1.82, 2.24) is 4.90 Å². The first-order chi connectivity index (χ1) is 9.67. The molecule has 1 saturated heterocycles. The highest BCUT2D eigenvalue weighted by atomic mass is 19.1. The quantitative estimate of drug-likeness (QED) is 0.855. The summed E-state index contributed by atoms with van der Waals surface area (Å²) >= 11 is 0. The summed E-state index contributed by atoms with van der Waals surface area (Å²) in [7, 11) is 0. The minimum absolute atomic E-state index is 0.0554. The minimum atomic E-state index is -0.660. The number of hydrogen-bond donors (Lipinski definition) is 1. The van der Waals surface area contributed by atoms with Crippen molar-refractivity contribution in [3.8, 4) is 6.19 Å². The second-order valence-corrected chi connectivity index (χ2v) is 4.80. The third-order valence-electron chi connectivity index (χ3n) is 3.59. The van der Waals surface area contributed by atoms with Crippen LogP contribution in [0.4, 0.5) is 14.9 Å². The van der Waals surface area contributed by atoms with Crippen molar-refractivity contribution in [1.29, 1.82) is 5.26 Å². The van der Waals surface area contributed by atoms with Crippen LogP contribution in [0.1, 0.15) is 18.4 Å². The third-order valence-corrected chi connectivity index (χ3v) is 3.59. The van der Waals surface area contributed by atoms with Gasteiger partial charge in [0.2, 0.25) is 0 Å². The van der Waals surface area contributed by atoms with E-state index in [9.17, 15) is 9.18 Å². The number of carbonyl (C=O) groups is 1. The highest BCUT2D eigenvalue weighted by Gasteiger charge is 2.28. The van der Waals surface area contributed by atoms with Crippen LogP contribution in [0, 0.1) is 11.5 Å². The van der Waals surface area contributed by atoms with Gasteiger partial charge in [-0.25, -0.2) is 9.18 Å². The normalized spacial score (nSPS) is 17.8. The predicted octanol–water partition coefficient (Wildman–Crippen LogP) is 1.99. The van der Waals surface area contributed by atoms with Gasteiger partial charge in [-0.1, -0.05) is 18.2 Å². The molecule has 1 aliphatic heterocycles. The average molecular weight is 276 g/mol. The molecule has 5 nitrogen and oxygen atoms in total. The van der Waals surface area contributed by atoms with Gasteiger partial charge in [0.05, 0.1) is 11.7 Å². The maximum Gasteiger partial charge on any atom is 0.319 e. The Balaban J connectivity index is 2.24. The Bertz CT molecular complexity index is 528. The molecule has 106 valence electrons. The largest absolute Gasteiger partial charge is 0.351 e. The predicted molar refractivity (Wildman–Crippen MR) is 73.5 cm³/mol. The number of anilines is 1. The molecule has 0 radical (unpaired) electrons. The Morgan fingerprint density at radius 3 is 2.95 bits per heavy atom. The smallest absolute Gasteiger partial charge is 0.319 e. The van der Waals surface area contributed by atoms with Gasteiger partial charge in [0.1, 0.15) is 6.67 Å². The van der Waals surface area contributed by atoms with E-state index in [4.69, 9.17) is 11.0 Å². The summed E-state index contributed by atoms with van der Waals surface area (Å²) in [6.45, 7) is 0.338. The number of urea groups is 1. The molecule has 0 spiro atoms. The number of nitriles is 1. The van der Waals surface area contributed by atoms with Gasteiger partial charge >= 0.3 is 6.03 Å². The second-order valence-electron chi connectivity index (χ2n) is 4.80. The van der Waals surface area contributed by atoms with Gasteiger partial charge in [-0.05, 0) is 18.9 Å². The van der Waals surface area contributed by atoms with Crippen molar-refractivity contribution < 1.29 is 9.18 Å². The van der Waals surface area contributed by atoms with Gasteiger partial charge in [0, 0.05) is 18.7 Å². The van der Waals surface area contributed by atoms with Crippen LogP contribution in [0.3, 0.4) is 0 Å². The Morgan fingerprint density at radius 2 is 2.30 bits per heavy atom. The number of hydrogen-bond acceptors (Lipinski definition) is 3. The molecule has 20 heavy (non-hydrogen) atoms. The third kappa shape index (κ3) is 2.82. The van der Waals surface area contributed by atoms with E-state index in [-0.39, 0.29) is 6.04 Å². The summed E-state index contributed by atoms with van der Waals surface area (Å²) in [6, 6.07) is 6.07. The lowest BCUT2D eigenvalue weighted by Gasteiger charge is -2.28. The minimum Gasteiger partial charge on any atom is -0.351 e. The molecule has 1 aliphatic rings. The molecule has 2 rings (SSSR count). The molecule has 1 fully saturated rings. The number of rotatable bonds is 4. The first-order valence-corrected chi connectivity index (χ1v) is 6.54. The number of nitrogens with two attached hydrogens (primary N) is 1. The highest BCUT2D eigenvalue weighted by Crippen LogP contribution is 2.24. The number of nitrogens with zero attached hydrogens (tertiary/aromatic N) is 3. The Labute approximate surface area is 117 Å². The molecule has 1 aromatic carbocycles. The lowest BCUT2D eigenvalue weighted by Crippen LogP contribution is -2.44. The summed E-state index contributed by atoms with van der Waals surface area (Å²) in [4.78, 5) is 14.7. The SMILES string of the molecule is N#CN1CCCC1CN(C(N)=O)c1ccccc1CF. The van der Waals surface area contributed by atoms with Crippen LogP contribution in [-0.2, 0) is 6.67 Å².